The highest BCUT2D eigenvalue weighted by molar-refractivity contribution is 5.51. The second-order valence-electron chi connectivity index (χ2n) is 7.16. The van der Waals surface area contributed by atoms with Gasteiger partial charge >= 0.3 is 0 Å². The van der Waals surface area contributed by atoms with Gasteiger partial charge in [0.15, 0.2) is 0 Å². The third kappa shape index (κ3) is 3.80. The lowest BCUT2D eigenvalue weighted by molar-refractivity contribution is 0.565. The van der Waals surface area contributed by atoms with Gasteiger partial charge in [-0.15, -0.1) is 0 Å². The fourth-order valence-electron chi connectivity index (χ4n) is 3.61. The van der Waals surface area contributed by atoms with E-state index in [1.165, 1.54) is 17.2 Å². The van der Waals surface area contributed by atoms with Crippen LogP contribution < -0.4 is 5.32 Å². The van der Waals surface area contributed by atoms with Crippen molar-refractivity contribution in [2.45, 2.75) is 47.5 Å². The minimum atomic E-state index is -0.174. The molecule has 2 heteroatoms. The van der Waals surface area contributed by atoms with Crippen molar-refractivity contribution in [3.05, 3.63) is 65.0 Å². The molecule has 3 rings (SSSR count). The van der Waals surface area contributed by atoms with Crippen molar-refractivity contribution in [3.8, 4) is 0 Å². The average Bonchev–Trinajstić information content (AvgIpc) is 3.10. The zero-order valence-corrected chi connectivity index (χ0v) is 15.8. The van der Waals surface area contributed by atoms with Crippen molar-refractivity contribution < 1.29 is 7.24 Å². The van der Waals surface area contributed by atoms with Crippen LogP contribution in [0.15, 0.2) is 42.5 Å². The molecule has 0 radical (unpaired) electrons. The molecule has 0 heterocycles. The van der Waals surface area contributed by atoms with Crippen molar-refractivity contribution in [2.75, 3.05) is 11.9 Å². The van der Waals surface area contributed by atoms with Crippen molar-refractivity contribution in [3.63, 3.8) is 0 Å². The Labute approximate surface area is 149 Å². The Bertz CT molecular complexity index is 683. The van der Waals surface area contributed by atoms with E-state index in [9.17, 15) is 4.39 Å². The van der Waals surface area contributed by atoms with E-state index in [1.54, 1.807) is 6.07 Å². The van der Waals surface area contributed by atoms with Crippen LogP contribution in [0.3, 0.4) is 0 Å². The molecule has 0 spiro atoms. The van der Waals surface area contributed by atoms with Gasteiger partial charge < -0.3 is 5.32 Å². The first-order valence-electron chi connectivity index (χ1n) is 8.96. The van der Waals surface area contributed by atoms with E-state index in [0.717, 1.165) is 17.8 Å². The molecule has 1 N–H and O–H groups in total. The maximum atomic E-state index is 13.2. The van der Waals surface area contributed by atoms with Crippen LogP contribution in [0.25, 0.3) is 0 Å². The monoisotopic (exact) mass is 331 g/mol. The van der Waals surface area contributed by atoms with Gasteiger partial charge in [0.1, 0.15) is 5.82 Å². The summed E-state index contributed by atoms with van der Waals surface area (Å²) in [6.45, 7) is 13.7. The molecule has 0 saturated heterocycles. The number of nitrogens with one attached hydrogen (secondary N) is 1. The summed E-state index contributed by atoms with van der Waals surface area (Å²) < 4.78 is 13.2. The van der Waals surface area contributed by atoms with Gasteiger partial charge in [-0.1, -0.05) is 57.5 Å². The molecule has 134 valence electrons. The highest BCUT2D eigenvalue weighted by atomic mass is 19.1. The molecule has 0 bridgehead atoms. The van der Waals surface area contributed by atoms with Gasteiger partial charge in [0.05, 0.1) is 0 Å². The van der Waals surface area contributed by atoms with Gasteiger partial charge in [0, 0.05) is 15.1 Å². The fraction of sp³-hybridized carbons (Fsp3) is 0.455. The van der Waals surface area contributed by atoms with Crippen LogP contribution in [0, 0.1) is 31.0 Å². The molecule has 0 amide bonds. The Morgan fingerprint density at radius 3 is 2.25 bits per heavy atom. The molecule has 0 aromatic heterocycles. The van der Waals surface area contributed by atoms with E-state index in [-0.39, 0.29) is 8.67 Å². The standard InChI is InChI=1S/C20H24FN.C2H6.2H2/c1-13-5-7-15(8-6-13)19-17(20(19,3)4)12-22-18-10-9-16(21)11-14(18)2;1-2;;/h5-11,17,19,22H,12H2,1-4H3;1-2H3;2*1H. The predicted octanol–water partition coefficient (Wildman–Crippen LogP) is 6.81. The summed E-state index contributed by atoms with van der Waals surface area (Å²) in [6, 6.07) is 13.8. The van der Waals surface area contributed by atoms with Crippen molar-refractivity contribution in [1.82, 2.24) is 0 Å². The minimum absolute atomic E-state index is 0. The first kappa shape index (κ1) is 18.5. The summed E-state index contributed by atoms with van der Waals surface area (Å²) in [5, 5.41) is 3.50. The smallest absolute Gasteiger partial charge is 0.123 e. The van der Waals surface area contributed by atoms with E-state index in [1.807, 2.05) is 26.8 Å². The number of benzene rings is 2. The zero-order chi connectivity index (χ0) is 17.9. The molecule has 2 aromatic rings. The van der Waals surface area contributed by atoms with Crippen LogP contribution in [0.4, 0.5) is 10.1 Å². The van der Waals surface area contributed by atoms with Gasteiger partial charge in [0.2, 0.25) is 0 Å². The maximum Gasteiger partial charge on any atom is 0.123 e. The topological polar surface area (TPSA) is 12.0 Å². The van der Waals surface area contributed by atoms with Crippen LogP contribution in [0.2, 0.25) is 0 Å². The summed E-state index contributed by atoms with van der Waals surface area (Å²) in [4.78, 5) is 0. The number of anilines is 1. The first-order chi connectivity index (χ1) is 11.4. The predicted molar refractivity (Wildman–Crippen MR) is 106 cm³/mol. The average molecular weight is 332 g/mol. The molecule has 2 atom stereocenters. The quantitative estimate of drug-likeness (QED) is 0.648. The van der Waals surface area contributed by atoms with Crippen LogP contribution in [-0.2, 0) is 0 Å². The second-order valence-corrected chi connectivity index (χ2v) is 7.16. The van der Waals surface area contributed by atoms with E-state index >= 15 is 0 Å². The number of aryl methyl sites for hydroxylation is 2. The Morgan fingerprint density at radius 2 is 1.67 bits per heavy atom. The summed E-state index contributed by atoms with van der Waals surface area (Å²) in [5.41, 5.74) is 5.05. The number of rotatable bonds is 4. The van der Waals surface area contributed by atoms with E-state index in [2.05, 4.69) is 50.4 Å². The zero-order valence-electron chi connectivity index (χ0n) is 15.8. The lowest BCUT2D eigenvalue weighted by Crippen LogP contribution is -2.08. The van der Waals surface area contributed by atoms with Crippen molar-refractivity contribution in [2.24, 2.45) is 11.3 Å². The highest BCUT2D eigenvalue weighted by Crippen LogP contribution is 2.64. The van der Waals surface area contributed by atoms with Crippen LogP contribution in [0.5, 0.6) is 0 Å². The van der Waals surface area contributed by atoms with Crippen LogP contribution in [0.1, 0.15) is 53.2 Å². The van der Waals surface area contributed by atoms with E-state index in [4.69, 9.17) is 0 Å². The minimum Gasteiger partial charge on any atom is -0.385 e. The molecule has 1 aliphatic rings. The Morgan fingerprint density at radius 1 is 1.04 bits per heavy atom. The summed E-state index contributed by atoms with van der Waals surface area (Å²) in [5.74, 6) is 1.04. The summed E-state index contributed by atoms with van der Waals surface area (Å²) in [7, 11) is 0. The lowest BCUT2D eigenvalue weighted by Gasteiger charge is -2.10. The molecule has 2 unspecified atom stereocenters. The number of halogens is 1. The van der Waals surface area contributed by atoms with Gasteiger partial charge in [-0.05, 0) is 60.4 Å². The van der Waals surface area contributed by atoms with Crippen molar-refractivity contribution in [1.29, 1.82) is 0 Å². The molecule has 1 aliphatic carbocycles. The Hall–Kier alpha value is -1.83. The Balaban J connectivity index is 0.00000151. The molecule has 24 heavy (non-hydrogen) atoms. The molecular formula is C22H34FN. The van der Waals surface area contributed by atoms with Gasteiger partial charge in [-0.25, -0.2) is 4.39 Å². The SMILES string of the molecule is CC.Cc1ccc(C2C(CNc3ccc(F)cc3C)C2(C)C)cc1.[HH].[HH]. The third-order valence-electron chi connectivity index (χ3n) is 5.19. The molecule has 1 saturated carbocycles. The molecule has 0 aliphatic heterocycles. The maximum absolute atomic E-state index is 13.2. The van der Waals surface area contributed by atoms with E-state index in [0.29, 0.717) is 17.3 Å². The molecule has 1 fully saturated rings. The Kier molecular flexibility index (Phi) is 5.69. The number of hydrogen-bond acceptors (Lipinski definition) is 1. The van der Waals surface area contributed by atoms with Crippen LogP contribution in [-0.4, -0.2) is 6.54 Å². The molecule has 2 aromatic carbocycles. The second kappa shape index (κ2) is 7.38. The summed E-state index contributed by atoms with van der Waals surface area (Å²) >= 11 is 0. The first-order valence-corrected chi connectivity index (χ1v) is 8.96. The normalized spacial score (nSPS) is 20.8. The van der Waals surface area contributed by atoms with Crippen LogP contribution >= 0.6 is 0 Å². The molecular weight excluding hydrogens is 297 g/mol. The van der Waals surface area contributed by atoms with E-state index < -0.39 is 0 Å². The molecule has 1 nitrogen and oxygen atoms in total. The summed E-state index contributed by atoms with van der Waals surface area (Å²) in [6.07, 6.45) is 0. The van der Waals surface area contributed by atoms with Gasteiger partial charge in [0.25, 0.3) is 0 Å². The highest BCUT2D eigenvalue weighted by Gasteiger charge is 2.57. The third-order valence-corrected chi connectivity index (χ3v) is 5.19. The van der Waals surface area contributed by atoms with Gasteiger partial charge in [-0.3, -0.25) is 0 Å². The van der Waals surface area contributed by atoms with Crippen molar-refractivity contribution >= 4 is 5.69 Å². The fourth-order valence-corrected chi connectivity index (χ4v) is 3.61. The number of hydrogen-bond donors (Lipinski definition) is 1. The lowest BCUT2D eigenvalue weighted by atomic mass is 10.0. The van der Waals surface area contributed by atoms with Gasteiger partial charge in [-0.2, -0.15) is 0 Å². The largest absolute Gasteiger partial charge is 0.385 e.